The summed E-state index contributed by atoms with van der Waals surface area (Å²) in [5.41, 5.74) is 0.498. The molecule has 0 atom stereocenters. The zero-order chi connectivity index (χ0) is 13.9. The summed E-state index contributed by atoms with van der Waals surface area (Å²) in [6, 6.07) is 8.24. The van der Waals surface area contributed by atoms with E-state index in [1.165, 1.54) is 30.3 Å². The Hall–Kier alpha value is -1.70. The molecule has 1 aromatic carbocycles. The number of sulfonamides is 1. The van der Waals surface area contributed by atoms with Gasteiger partial charge in [-0.05, 0) is 29.8 Å². The van der Waals surface area contributed by atoms with Gasteiger partial charge in [0.05, 0.1) is 0 Å². The van der Waals surface area contributed by atoms with Crippen molar-refractivity contribution in [1.82, 2.24) is 4.72 Å². The van der Waals surface area contributed by atoms with Crippen LogP contribution in [0.25, 0.3) is 0 Å². The van der Waals surface area contributed by atoms with Crippen LogP contribution in [0.15, 0.2) is 45.9 Å². The van der Waals surface area contributed by atoms with E-state index in [0.717, 1.165) is 0 Å². The number of hydrogen-bond donors (Lipinski definition) is 2. The summed E-state index contributed by atoms with van der Waals surface area (Å²) in [6.45, 7) is -0.422. The summed E-state index contributed by atoms with van der Waals surface area (Å²) in [4.78, 5) is 0. The minimum absolute atomic E-state index is 0.0464. The van der Waals surface area contributed by atoms with Crippen LogP contribution in [0.5, 0.6) is 0 Å². The van der Waals surface area contributed by atoms with Crippen LogP contribution in [0, 0.1) is 5.82 Å². The Morgan fingerprint density at radius 3 is 2.68 bits per heavy atom. The molecule has 7 heteroatoms. The van der Waals surface area contributed by atoms with Crippen molar-refractivity contribution in [3.63, 3.8) is 0 Å². The molecule has 0 fully saturated rings. The number of aliphatic hydroxyl groups excluding tert-OH is 1. The summed E-state index contributed by atoms with van der Waals surface area (Å²) >= 11 is 0. The maximum atomic E-state index is 12.9. The van der Waals surface area contributed by atoms with E-state index in [1.807, 2.05) is 0 Å². The van der Waals surface area contributed by atoms with Crippen LogP contribution in [0.3, 0.4) is 0 Å². The molecule has 2 aromatic rings. The van der Waals surface area contributed by atoms with Crippen molar-refractivity contribution in [3.05, 3.63) is 53.5 Å². The van der Waals surface area contributed by atoms with Gasteiger partial charge in [-0.15, -0.1) is 0 Å². The summed E-state index contributed by atoms with van der Waals surface area (Å²) in [7, 11) is -3.81. The summed E-state index contributed by atoms with van der Waals surface area (Å²) in [5.74, 6) is -0.275. The third-order valence-corrected chi connectivity index (χ3v) is 3.69. The van der Waals surface area contributed by atoms with Gasteiger partial charge in [0.25, 0.3) is 10.0 Å². The summed E-state index contributed by atoms with van der Waals surface area (Å²) in [6.07, 6.45) is 0. The number of benzene rings is 1. The van der Waals surface area contributed by atoms with Gasteiger partial charge in [-0.2, -0.15) is 0 Å². The number of furan rings is 1. The number of rotatable bonds is 5. The molecule has 0 amide bonds. The van der Waals surface area contributed by atoms with Crippen LogP contribution < -0.4 is 4.72 Å². The Morgan fingerprint density at radius 1 is 1.26 bits per heavy atom. The predicted octanol–water partition coefficient (Wildman–Crippen LogP) is 1.39. The topological polar surface area (TPSA) is 79.5 Å². The highest BCUT2D eigenvalue weighted by Gasteiger charge is 2.18. The van der Waals surface area contributed by atoms with Crippen molar-refractivity contribution in [1.29, 1.82) is 0 Å². The second-order valence-electron chi connectivity index (χ2n) is 3.83. The summed E-state index contributed by atoms with van der Waals surface area (Å²) in [5, 5.41) is 8.52. The van der Waals surface area contributed by atoms with Gasteiger partial charge >= 0.3 is 0 Å². The van der Waals surface area contributed by atoms with Crippen molar-refractivity contribution >= 4 is 10.0 Å². The van der Waals surface area contributed by atoms with E-state index in [1.54, 1.807) is 6.07 Å². The van der Waals surface area contributed by atoms with Gasteiger partial charge in [-0.25, -0.2) is 17.5 Å². The van der Waals surface area contributed by atoms with E-state index in [4.69, 9.17) is 9.52 Å². The molecule has 1 aromatic heterocycles. The van der Waals surface area contributed by atoms with Gasteiger partial charge in [-0.3, -0.25) is 0 Å². The lowest BCUT2D eigenvalue weighted by molar-refractivity contribution is 0.236. The zero-order valence-electron chi connectivity index (χ0n) is 9.84. The fourth-order valence-corrected chi connectivity index (χ4v) is 2.45. The van der Waals surface area contributed by atoms with Crippen LogP contribution in [0.1, 0.15) is 11.3 Å². The molecule has 2 N–H and O–H groups in total. The monoisotopic (exact) mass is 285 g/mol. The number of aliphatic hydroxyl groups is 1. The fourth-order valence-electron chi connectivity index (χ4n) is 1.48. The lowest BCUT2D eigenvalue weighted by Crippen LogP contribution is -2.22. The van der Waals surface area contributed by atoms with Crippen LogP contribution in [0.2, 0.25) is 0 Å². The Morgan fingerprint density at radius 2 is 2.05 bits per heavy atom. The van der Waals surface area contributed by atoms with E-state index in [2.05, 4.69) is 4.72 Å². The minimum atomic E-state index is -3.81. The first-order chi connectivity index (χ1) is 9.01. The van der Waals surface area contributed by atoms with Crippen LogP contribution in [-0.2, 0) is 23.2 Å². The van der Waals surface area contributed by atoms with Gasteiger partial charge in [0.2, 0.25) is 5.09 Å². The third kappa shape index (κ3) is 3.40. The number of halogens is 1. The van der Waals surface area contributed by atoms with E-state index in [-0.39, 0.29) is 24.0 Å². The van der Waals surface area contributed by atoms with Gasteiger partial charge < -0.3 is 9.52 Å². The van der Waals surface area contributed by atoms with Gasteiger partial charge in [0, 0.05) is 6.54 Å². The SMILES string of the molecule is O=S(=O)(NCc1cccc(F)c1)c1ccc(CO)o1. The Labute approximate surface area is 109 Å². The predicted molar refractivity (Wildman–Crippen MR) is 65.1 cm³/mol. The van der Waals surface area contributed by atoms with Crippen LogP contribution >= 0.6 is 0 Å². The minimum Gasteiger partial charge on any atom is -0.446 e. The first-order valence-corrected chi connectivity index (χ1v) is 6.93. The number of hydrogen-bond acceptors (Lipinski definition) is 4. The molecule has 0 unspecified atom stereocenters. The molecule has 1 heterocycles. The van der Waals surface area contributed by atoms with E-state index in [0.29, 0.717) is 5.56 Å². The molecular weight excluding hydrogens is 273 g/mol. The quantitative estimate of drug-likeness (QED) is 0.870. The van der Waals surface area contributed by atoms with Crippen LogP contribution in [-0.4, -0.2) is 13.5 Å². The highest BCUT2D eigenvalue weighted by molar-refractivity contribution is 7.89. The van der Waals surface area contributed by atoms with Crippen molar-refractivity contribution < 1.29 is 22.3 Å². The van der Waals surface area contributed by atoms with Crippen molar-refractivity contribution in [2.75, 3.05) is 0 Å². The Balaban J connectivity index is 2.09. The van der Waals surface area contributed by atoms with E-state index in [9.17, 15) is 12.8 Å². The molecule has 0 aliphatic carbocycles. The lowest BCUT2D eigenvalue weighted by atomic mass is 10.2. The van der Waals surface area contributed by atoms with Crippen molar-refractivity contribution in [2.24, 2.45) is 0 Å². The average molecular weight is 285 g/mol. The zero-order valence-corrected chi connectivity index (χ0v) is 10.7. The molecule has 0 aliphatic rings. The molecule has 0 saturated carbocycles. The lowest BCUT2D eigenvalue weighted by Gasteiger charge is -2.04. The maximum Gasteiger partial charge on any atom is 0.274 e. The Bertz CT molecular complexity index is 666. The number of nitrogens with one attached hydrogen (secondary N) is 1. The van der Waals surface area contributed by atoms with E-state index < -0.39 is 15.8 Å². The van der Waals surface area contributed by atoms with Crippen molar-refractivity contribution in [3.8, 4) is 0 Å². The van der Waals surface area contributed by atoms with Gasteiger partial charge in [0.1, 0.15) is 18.2 Å². The second-order valence-corrected chi connectivity index (χ2v) is 5.53. The standard InChI is InChI=1S/C12H12FNO4S/c13-10-3-1-2-9(6-10)7-14-19(16,17)12-5-4-11(8-15)18-12/h1-6,14-15H,7-8H2. The first kappa shape index (κ1) is 13.7. The van der Waals surface area contributed by atoms with E-state index >= 15 is 0 Å². The molecule has 0 bridgehead atoms. The largest absolute Gasteiger partial charge is 0.446 e. The Kier molecular flexibility index (Phi) is 3.98. The molecule has 0 radical (unpaired) electrons. The normalized spacial score (nSPS) is 11.7. The molecule has 19 heavy (non-hydrogen) atoms. The fraction of sp³-hybridized carbons (Fsp3) is 0.167. The highest BCUT2D eigenvalue weighted by atomic mass is 32.2. The van der Waals surface area contributed by atoms with Gasteiger partial charge in [0.15, 0.2) is 0 Å². The first-order valence-electron chi connectivity index (χ1n) is 5.45. The molecule has 0 spiro atoms. The molecule has 2 rings (SSSR count). The molecule has 0 aliphatic heterocycles. The maximum absolute atomic E-state index is 12.9. The smallest absolute Gasteiger partial charge is 0.274 e. The molecule has 5 nitrogen and oxygen atoms in total. The van der Waals surface area contributed by atoms with Gasteiger partial charge in [-0.1, -0.05) is 12.1 Å². The molecule has 102 valence electrons. The van der Waals surface area contributed by atoms with Crippen LogP contribution in [0.4, 0.5) is 4.39 Å². The summed E-state index contributed by atoms with van der Waals surface area (Å²) < 4.78 is 43.8. The second kappa shape index (κ2) is 5.52. The van der Waals surface area contributed by atoms with Crippen molar-refractivity contribution in [2.45, 2.75) is 18.2 Å². The molecule has 0 saturated heterocycles. The molecular formula is C12H12FNO4S. The average Bonchev–Trinajstić information content (AvgIpc) is 2.86. The highest BCUT2D eigenvalue weighted by Crippen LogP contribution is 2.14. The third-order valence-electron chi connectivity index (χ3n) is 2.41.